The quantitative estimate of drug-likeness (QED) is 0.485. The number of hydrogen-bond acceptors (Lipinski definition) is 4. The summed E-state index contributed by atoms with van der Waals surface area (Å²) in [6.07, 6.45) is 1.71. The lowest BCUT2D eigenvalue weighted by Crippen LogP contribution is -2.21. The zero-order valence-corrected chi connectivity index (χ0v) is 14.1. The van der Waals surface area contributed by atoms with Gasteiger partial charge in [0.2, 0.25) is 0 Å². The maximum absolute atomic E-state index is 11.7. The van der Waals surface area contributed by atoms with Crippen molar-refractivity contribution in [3.63, 3.8) is 0 Å². The first kappa shape index (κ1) is 15.8. The van der Waals surface area contributed by atoms with Crippen LogP contribution in [0.3, 0.4) is 0 Å². The van der Waals surface area contributed by atoms with E-state index in [0.29, 0.717) is 24.7 Å². The Hall–Kier alpha value is -1.60. The highest BCUT2D eigenvalue weighted by Gasteiger charge is 2.15. The number of rotatable bonds is 7. The minimum Gasteiger partial charge on any atom is -0.461 e. The molecule has 0 spiro atoms. The fourth-order valence-corrected chi connectivity index (χ4v) is 2.66. The van der Waals surface area contributed by atoms with Gasteiger partial charge in [0.1, 0.15) is 12.4 Å². The van der Waals surface area contributed by atoms with E-state index < -0.39 is 8.07 Å². The summed E-state index contributed by atoms with van der Waals surface area (Å²) in [7, 11) is -1.07. The summed E-state index contributed by atoms with van der Waals surface area (Å²) < 4.78 is 12.6. The first-order valence-corrected chi connectivity index (χ1v) is 10.9. The van der Waals surface area contributed by atoms with Crippen molar-refractivity contribution in [3.05, 3.63) is 18.1 Å². The maximum atomic E-state index is 11.7. The van der Waals surface area contributed by atoms with E-state index in [9.17, 15) is 4.79 Å². The van der Waals surface area contributed by atoms with Crippen molar-refractivity contribution < 1.29 is 14.3 Å². The van der Waals surface area contributed by atoms with Crippen molar-refractivity contribution in [2.24, 2.45) is 0 Å². The van der Waals surface area contributed by atoms with Crippen LogP contribution in [0.25, 0.3) is 11.2 Å². The number of aromatic amines is 1. The largest absolute Gasteiger partial charge is 0.461 e. The van der Waals surface area contributed by atoms with Crippen molar-refractivity contribution in [3.8, 4) is 0 Å². The van der Waals surface area contributed by atoms with Crippen LogP contribution in [-0.4, -0.2) is 41.8 Å². The number of ether oxygens (including phenoxy) is 2. The van der Waals surface area contributed by atoms with Gasteiger partial charge in [-0.15, -0.1) is 0 Å². The lowest BCUT2D eigenvalue weighted by molar-refractivity contribution is 0.0520. The molecule has 0 aliphatic carbocycles. The number of nitrogens with zero attached hydrogens (tertiary/aromatic N) is 2. The number of H-pyrrole nitrogens is 1. The number of carbonyl (C=O) groups excluding carboxylic acids is 1. The molecule has 0 unspecified atom stereocenters. The van der Waals surface area contributed by atoms with E-state index in [2.05, 4.69) is 29.6 Å². The van der Waals surface area contributed by atoms with E-state index in [1.165, 1.54) is 0 Å². The van der Waals surface area contributed by atoms with Crippen molar-refractivity contribution >= 4 is 25.2 Å². The molecule has 2 aromatic heterocycles. The third kappa shape index (κ3) is 4.18. The topological polar surface area (TPSA) is 69.1 Å². The van der Waals surface area contributed by atoms with Gasteiger partial charge in [-0.2, -0.15) is 0 Å². The van der Waals surface area contributed by atoms with Gasteiger partial charge in [-0.3, -0.25) is 0 Å². The summed E-state index contributed by atoms with van der Waals surface area (Å²) in [5.41, 5.74) is 1.95. The van der Waals surface area contributed by atoms with Gasteiger partial charge < -0.3 is 19.0 Å². The Kier molecular flexibility index (Phi) is 4.84. The van der Waals surface area contributed by atoms with E-state index in [1.54, 1.807) is 19.3 Å². The molecule has 0 aliphatic rings. The van der Waals surface area contributed by atoms with Crippen molar-refractivity contribution in [1.82, 2.24) is 14.5 Å². The van der Waals surface area contributed by atoms with Crippen LogP contribution >= 0.6 is 0 Å². The third-order valence-electron chi connectivity index (χ3n) is 3.13. The van der Waals surface area contributed by atoms with E-state index in [4.69, 9.17) is 9.47 Å². The van der Waals surface area contributed by atoms with Crippen molar-refractivity contribution in [1.29, 1.82) is 0 Å². The Balaban J connectivity index is 1.99. The van der Waals surface area contributed by atoms with Gasteiger partial charge in [-0.25, -0.2) is 9.78 Å². The van der Waals surface area contributed by atoms with E-state index >= 15 is 0 Å². The molecule has 0 fully saturated rings. The monoisotopic (exact) mass is 309 g/mol. The maximum Gasteiger partial charge on any atom is 0.354 e. The molecule has 2 rings (SSSR count). The molecule has 0 aromatic carbocycles. The molecule has 0 atom stereocenters. The van der Waals surface area contributed by atoms with E-state index in [-0.39, 0.29) is 5.97 Å². The average molecular weight is 309 g/mol. The standard InChI is InChI=1S/C14H23N3O3Si/c1-5-20-14(18)11-8-12-13(16-11)15-9-17(12)10-19-6-7-21(2,3)4/h8-9,16H,5-7,10H2,1-4H3. The Labute approximate surface area is 125 Å². The van der Waals surface area contributed by atoms with E-state index in [1.807, 2.05) is 4.57 Å². The molecule has 116 valence electrons. The molecule has 7 heteroatoms. The molecule has 0 bridgehead atoms. The lowest BCUT2D eigenvalue weighted by atomic mass is 10.4. The van der Waals surface area contributed by atoms with Crippen LogP contribution in [-0.2, 0) is 16.2 Å². The third-order valence-corrected chi connectivity index (χ3v) is 4.84. The number of esters is 1. The molecule has 0 radical (unpaired) electrons. The number of carbonyl (C=O) groups is 1. The Morgan fingerprint density at radius 3 is 2.86 bits per heavy atom. The molecule has 2 heterocycles. The summed E-state index contributed by atoms with van der Waals surface area (Å²) in [6, 6.07) is 2.88. The fraction of sp³-hybridized carbons (Fsp3) is 0.571. The summed E-state index contributed by atoms with van der Waals surface area (Å²) in [4.78, 5) is 18.9. The lowest BCUT2D eigenvalue weighted by Gasteiger charge is -2.15. The molecule has 0 aliphatic heterocycles. The van der Waals surface area contributed by atoms with Gasteiger partial charge >= 0.3 is 5.97 Å². The zero-order chi connectivity index (χ0) is 15.5. The van der Waals surface area contributed by atoms with Gasteiger partial charge in [-0.05, 0) is 19.0 Å². The number of fused-ring (bicyclic) bond motifs is 1. The predicted octanol–water partition coefficient (Wildman–Crippen LogP) is 2.85. The zero-order valence-electron chi connectivity index (χ0n) is 13.1. The molecule has 1 N–H and O–H groups in total. The molecule has 6 nitrogen and oxygen atoms in total. The molecule has 0 amide bonds. The highest BCUT2D eigenvalue weighted by Crippen LogP contribution is 2.15. The molecule has 2 aromatic rings. The molecule has 0 saturated heterocycles. The molecule has 21 heavy (non-hydrogen) atoms. The summed E-state index contributed by atoms with van der Waals surface area (Å²) in [6.45, 7) is 10.3. The smallest absolute Gasteiger partial charge is 0.354 e. The van der Waals surface area contributed by atoms with Gasteiger partial charge in [0.25, 0.3) is 0 Å². The van der Waals surface area contributed by atoms with Crippen LogP contribution in [0.1, 0.15) is 17.4 Å². The first-order valence-electron chi connectivity index (χ1n) is 7.19. The average Bonchev–Trinajstić information content (AvgIpc) is 2.94. The van der Waals surface area contributed by atoms with Gasteiger partial charge in [0, 0.05) is 14.7 Å². The minimum absolute atomic E-state index is 0.356. The number of aromatic nitrogens is 3. The number of nitrogens with one attached hydrogen (secondary N) is 1. The van der Waals surface area contributed by atoms with Crippen LogP contribution in [0.4, 0.5) is 0 Å². The first-order chi connectivity index (χ1) is 9.90. The van der Waals surface area contributed by atoms with Crippen LogP contribution in [0.2, 0.25) is 25.7 Å². The van der Waals surface area contributed by atoms with Crippen LogP contribution in [0.15, 0.2) is 12.4 Å². The second kappa shape index (κ2) is 6.44. The molecular weight excluding hydrogens is 286 g/mol. The van der Waals surface area contributed by atoms with Crippen molar-refractivity contribution in [2.45, 2.75) is 39.3 Å². The molecule has 0 saturated carbocycles. The highest BCUT2D eigenvalue weighted by molar-refractivity contribution is 6.76. The number of hydrogen-bond donors (Lipinski definition) is 1. The van der Waals surface area contributed by atoms with Crippen molar-refractivity contribution in [2.75, 3.05) is 13.2 Å². The second-order valence-electron chi connectivity index (χ2n) is 6.20. The Bertz CT molecular complexity index is 613. The predicted molar refractivity (Wildman–Crippen MR) is 84.1 cm³/mol. The Morgan fingerprint density at radius 1 is 1.43 bits per heavy atom. The minimum atomic E-state index is -1.07. The van der Waals surface area contributed by atoms with Crippen LogP contribution < -0.4 is 0 Å². The highest BCUT2D eigenvalue weighted by atomic mass is 28.3. The molecular formula is C14H23N3O3Si. The van der Waals surface area contributed by atoms with E-state index in [0.717, 1.165) is 18.2 Å². The normalized spacial score (nSPS) is 12.0. The Morgan fingerprint density at radius 2 is 2.19 bits per heavy atom. The second-order valence-corrected chi connectivity index (χ2v) is 11.8. The number of imidazole rings is 1. The summed E-state index contributed by atoms with van der Waals surface area (Å²) in [5.74, 6) is -0.360. The van der Waals surface area contributed by atoms with Gasteiger partial charge in [-0.1, -0.05) is 19.6 Å². The SMILES string of the molecule is CCOC(=O)c1cc2c(ncn2COCC[Si](C)(C)C)[nH]1. The summed E-state index contributed by atoms with van der Waals surface area (Å²) >= 11 is 0. The fourth-order valence-electron chi connectivity index (χ4n) is 1.90. The van der Waals surface area contributed by atoms with Gasteiger partial charge in [0.05, 0.1) is 18.5 Å². The van der Waals surface area contributed by atoms with Crippen LogP contribution in [0, 0.1) is 0 Å². The van der Waals surface area contributed by atoms with Gasteiger partial charge in [0.15, 0.2) is 5.65 Å². The van der Waals surface area contributed by atoms with Crippen LogP contribution in [0.5, 0.6) is 0 Å². The summed E-state index contributed by atoms with van der Waals surface area (Å²) in [5, 5.41) is 0.